The van der Waals surface area contributed by atoms with Gasteiger partial charge in [-0.05, 0) is 24.6 Å². The fourth-order valence-corrected chi connectivity index (χ4v) is 4.28. The second-order valence-corrected chi connectivity index (χ2v) is 7.28. The number of hydrogen-bond acceptors (Lipinski definition) is 5. The van der Waals surface area contributed by atoms with E-state index in [1.165, 1.54) is 16.8 Å². The van der Waals surface area contributed by atoms with Crippen molar-refractivity contribution in [1.82, 2.24) is 14.3 Å². The van der Waals surface area contributed by atoms with Gasteiger partial charge in [-0.1, -0.05) is 0 Å². The second-order valence-electron chi connectivity index (χ2n) is 5.37. The minimum Gasteiger partial charge on any atom is -0.497 e. The standard InChI is InChI=1S/C15H19N3O4S/c1-21-12-3-4-14(22-2)13(7-12)11-5-6-18(9-11)23(19,20)15-8-16-10-17-15/h3-4,7-8,10-11H,5-6,9H2,1-2H3,(H,16,17). The van der Waals surface area contributed by atoms with Gasteiger partial charge in [-0.2, -0.15) is 4.31 Å². The van der Waals surface area contributed by atoms with Crippen molar-refractivity contribution in [1.29, 1.82) is 0 Å². The molecular formula is C15H19N3O4S. The SMILES string of the molecule is COc1ccc(OC)c(C2CCN(S(=O)(=O)c3cnc[nH]3)C2)c1. The van der Waals surface area contributed by atoms with Gasteiger partial charge in [-0.15, -0.1) is 0 Å². The average molecular weight is 337 g/mol. The Morgan fingerprint density at radius 1 is 1.30 bits per heavy atom. The lowest BCUT2D eigenvalue weighted by atomic mass is 9.97. The first kappa shape index (κ1) is 15.8. The van der Waals surface area contributed by atoms with E-state index in [2.05, 4.69) is 9.97 Å². The molecular weight excluding hydrogens is 318 g/mol. The van der Waals surface area contributed by atoms with Gasteiger partial charge in [0.2, 0.25) is 0 Å². The highest BCUT2D eigenvalue weighted by Crippen LogP contribution is 2.37. The number of aromatic nitrogens is 2. The quantitative estimate of drug-likeness (QED) is 0.896. The molecule has 2 heterocycles. The minimum atomic E-state index is -3.53. The molecule has 0 saturated carbocycles. The van der Waals surface area contributed by atoms with E-state index in [4.69, 9.17) is 9.47 Å². The molecule has 1 saturated heterocycles. The number of imidazole rings is 1. The monoisotopic (exact) mass is 337 g/mol. The van der Waals surface area contributed by atoms with Gasteiger partial charge < -0.3 is 14.5 Å². The highest BCUT2D eigenvalue weighted by Gasteiger charge is 2.35. The van der Waals surface area contributed by atoms with Gasteiger partial charge >= 0.3 is 0 Å². The molecule has 7 nitrogen and oxygen atoms in total. The maximum atomic E-state index is 12.5. The molecule has 1 aromatic heterocycles. The van der Waals surface area contributed by atoms with Crippen LogP contribution in [0.25, 0.3) is 0 Å². The number of nitrogens with one attached hydrogen (secondary N) is 1. The lowest BCUT2D eigenvalue weighted by molar-refractivity contribution is 0.394. The number of H-pyrrole nitrogens is 1. The van der Waals surface area contributed by atoms with E-state index in [0.717, 1.165) is 23.5 Å². The highest BCUT2D eigenvalue weighted by molar-refractivity contribution is 7.89. The Bertz CT molecular complexity index is 774. The predicted molar refractivity (Wildman–Crippen MR) is 84.3 cm³/mol. The molecule has 0 bridgehead atoms. The van der Waals surface area contributed by atoms with Crippen LogP contribution in [-0.2, 0) is 10.0 Å². The molecule has 1 aliphatic rings. The zero-order chi connectivity index (χ0) is 16.4. The van der Waals surface area contributed by atoms with Crippen molar-refractivity contribution in [2.45, 2.75) is 17.4 Å². The normalized spacial score (nSPS) is 19.0. The zero-order valence-corrected chi connectivity index (χ0v) is 13.8. The van der Waals surface area contributed by atoms with E-state index in [1.54, 1.807) is 14.2 Å². The molecule has 0 amide bonds. The summed E-state index contributed by atoms with van der Waals surface area (Å²) in [6.45, 7) is 0.872. The minimum absolute atomic E-state index is 0.0674. The van der Waals surface area contributed by atoms with Crippen molar-refractivity contribution >= 4 is 10.0 Å². The number of nitrogens with zero attached hydrogens (tertiary/aromatic N) is 2. The molecule has 124 valence electrons. The topological polar surface area (TPSA) is 84.5 Å². The van der Waals surface area contributed by atoms with Crippen LogP contribution in [0.5, 0.6) is 11.5 Å². The summed E-state index contributed by atoms with van der Waals surface area (Å²) in [6.07, 6.45) is 3.43. The fraction of sp³-hybridized carbons (Fsp3) is 0.400. The number of aromatic amines is 1. The molecule has 2 aromatic rings. The van der Waals surface area contributed by atoms with Crippen LogP contribution in [0, 0.1) is 0 Å². The molecule has 8 heteroatoms. The third-order valence-electron chi connectivity index (χ3n) is 4.12. The van der Waals surface area contributed by atoms with Crippen molar-refractivity contribution in [2.24, 2.45) is 0 Å². The van der Waals surface area contributed by atoms with Crippen LogP contribution < -0.4 is 9.47 Å². The van der Waals surface area contributed by atoms with Crippen molar-refractivity contribution in [3.05, 3.63) is 36.3 Å². The Morgan fingerprint density at radius 3 is 2.78 bits per heavy atom. The Hall–Kier alpha value is -2.06. The number of hydrogen-bond donors (Lipinski definition) is 1. The summed E-state index contributed by atoms with van der Waals surface area (Å²) in [7, 11) is -0.311. The molecule has 23 heavy (non-hydrogen) atoms. The van der Waals surface area contributed by atoms with Crippen LogP contribution >= 0.6 is 0 Å². The number of rotatable bonds is 5. The van der Waals surface area contributed by atoms with Crippen molar-refractivity contribution in [2.75, 3.05) is 27.3 Å². The first-order chi connectivity index (χ1) is 11.1. The van der Waals surface area contributed by atoms with Gasteiger partial charge in [0.15, 0.2) is 5.03 Å². The lowest BCUT2D eigenvalue weighted by Gasteiger charge is -2.17. The maximum absolute atomic E-state index is 12.5. The second kappa shape index (κ2) is 6.21. The number of methoxy groups -OCH3 is 2. The average Bonchev–Trinajstić information content (AvgIpc) is 3.25. The summed E-state index contributed by atoms with van der Waals surface area (Å²) in [5.41, 5.74) is 0.967. The molecule has 1 fully saturated rings. The molecule has 1 unspecified atom stereocenters. The molecule has 1 aromatic carbocycles. The molecule has 0 spiro atoms. The van der Waals surface area contributed by atoms with Crippen molar-refractivity contribution < 1.29 is 17.9 Å². The third kappa shape index (κ3) is 2.91. The van der Waals surface area contributed by atoms with E-state index < -0.39 is 10.0 Å². The van der Waals surface area contributed by atoms with Gasteiger partial charge in [0.1, 0.15) is 11.5 Å². The molecule has 1 N–H and O–H groups in total. The van der Waals surface area contributed by atoms with Crippen LogP contribution in [0.4, 0.5) is 0 Å². The smallest absolute Gasteiger partial charge is 0.260 e. The van der Waals surface area contributed by atoms with Gasteiger partial charge in [0.25, 0.3) is 10.0 Å². The summed E-state index contributed by atoms with van der Waals surface area (Å²) in [5.74, 6) is 1.55. The number of benzene rings is 1. The van der Waals surface area contributed by atoms with Crippen molar-refractivity contribution in [3.8, 4) is 11.5 Å². The summed E-state index contributed by atoms with van der Waals surface area (Å²) in [5, 5.41) is 0.121. The molecule has 1 aliphatic heterocycles. The summed E-state index contributed by atoms with van der Waals surface area (Å²) in [6, 6.07) is 5.59. The third-order valence-corrected chi connectivity index (χ3v) is 5.91. The first-order valence-corrected chi connectivity index (χ1v) is 8.70. The van der Waals surface area contributed by atoms with Gasteiger partial charge in [0, 0.05) is 24.6 Å². The Balaban J connectivity index is 1.86. The van der Waals surface area contributed by atoms with Crippen LogP contribution in [0.3, 0.4) is 0 Å². The Morgan fingerprint density at radius 2 is 2.13 bits per heavy atom. The van der Waals surface area contributed by atoms with Crippen LogP contribution in [0.1, 0.15) is 17.9 Å². The number of sulfonamides is 1. The van der Waals surface area contributed by atoms with Gasteiger partial charge in [-0.3, -0.25) is 0 Å². The Kier molecular flexibility index (Phi) is 4.27. The first-order valence-electron chi connectivity index (χ1n) is 7.26. The zero-order valence-electron chi connectivity index (χ0n) is 13.0. The highest BCUT2D eigenvalue weighted by atomic mass is 32.2. The summed E-state index contributed by atoms with van der Waals surface area (Å²) >= 11 is 0. The van der Waals surface area contributed by atoms with E-state index in [1.807, 2.05) is 18.2 Å². The van der Waals surface area contributed by atoms with Crippen molar-refractivity contribution in [3.63, 3.8) is 0 Å². The molecule has 1 atom stereocenters. The van der Waals surface area contributed by atoms with Crippen LogP contribution in [0.15, 0.2) is 35.7 Å². The summed E-state index contributed by atoms with van der Waals surface area (Å²) < 4.78 is 37.3. The fourth-order valence-electron chi connectivity index (χ4n) is 2.88. The number of ether oxygens (including phenoxy) is 2. The van der Waals surface area contributed by atoms with Crippen LogP contribution in [-0.4, -0.2) is 50.0 Å². The molecule has 0 radical (unpaired) electrons. The summed E-state index contributed by atoms with van der Waals surface area (Å²) in [4.78, 5) is 6.45. The van der Waals surface area contributed by atoms with E-state index >= 15 is 0 Å². The van der Waals surface area contributed by atoms with E-state index in [0.29, 0.717) is 13.1 Å². The van der Waals surface area contributed by atoms with E-state index in [-0.39, 0.29) is 10.9 Å². The van der Waals surface area contributed by atoms with E-state index in [9.17, 15) is 8.42 Å². The maximum Gasteiger partial charge on any atom is 0.260 e. The predicted octanol–water partition coefficient (Wildman–Crippen LogP) is 1.61. The molecule has 0 aliphatic carbocycles. The largest absolute Gasteiger partial charge is 0.497 e. The Labute approximate surface area is 135 Å². The lowest BCUT2D eigenvalue weighted by Crippen LogP contribution is -2.29. The molecule has 3 rings (SSSR count). The van der Waals surface area contributed by atoms with Gasteiger partial charge in [-0.25, -0.2) is 13.4 Å². The van der Waals surface area contributed by atoms with Crippen LogP contribution in [0.2, 0.25) is 0 Å². The van der Waals surface area contributed by atoms with Gasteiger partial charge in [0.05, 0.1) is 26.7 Å².